The Morgan fingerprint density at radius 1 is 0.810 bits per heavy atom. The topological polar surface area (TPSA) is 3.24 Å². The van der Waals surface area contributed by atoms with Gasteiger partial charge in [-0.15, -0.1) is 0 Å². The lowest BCUT2D eigenvalue weighted by Crippen LogP contribution is -2.45. The third-order valence-electron chi connectivity index (χ3n) is 4.65. The first-order chi connectivity index (χ1) is 10.3. The van der Waals surface area contributed by atoms with E-state index in [9.17, 15) is 0 Å². The Bertz CT molecular complexity index is 505. The van der Waals surface area contributed by atoms with Crippen molar-refractivity contribution in [1.29, 1.82) is 0 Å². The molecule has 0 unspecified atom stereocenters. The van der Waals surface area contributed by atoms with E-state index in [0.29, 0.717) is 0 Å². The van der Waals surface area contributed by atoms with E-state index in [1.54, 1.807) is 0 Å². The highest BCUT2D eigenvalue weighted by molar-refractivity contribution is 5.62. The summed E-state index contributed by atoms with van der Waals surface area (Å²) in [7, 11) is 2.40. The molecule has 0 aromatic heterocycles. The molecule has 1 aliphatic rings. The molecule has 2 heteroatoms. The molecule has 0 atom stereocenters. The third kappa shape index (κ3) is 3.45. The number of likely N-dealkylation sites (tertiary alicyclic amines) is 1. The number of anilines is 2. The highest BCUT2D eigenvalue weighted by Gasteiger charge is 2.27. The summed E-state index contributed by atoms with van der Waals surface area (Å²) in [5.41, 5.74) is 2.57. The van der Waals surface area contributed by atoms with E-state index in [1.165, 1.54) is 48.3 Å². The molecule has 0 N–H and O–H groups in total. The Kier molecular flexibility index (Phi) is 4.26. The van der Waals surface area contributed by atoms with Gasteiger partial charge in [0.2, 0.25) is 0 Å². The molecule has 1 heterocycles. The van der Waals surface area contributed by atoms with Crippen LogP contribution in [0.25, 0.3) is 0 Å². The molecule has 3 rings (SSSR count). The van der Waals surface area contributed by atoms with E-state index in [2.05, 4.69) is 72.6 Å². The Balaban J connectivity index is 1.80. The second-order valence-corrected chi connectivity index (χ2v) is 6.32. The minimum atomic E-state index is 1.07. The number of benzene rings is 2. The van der Waals surface area contributed by atoms with Crippen LogP contribution in [0.4, 0.5) is 11.4 Å². The number of rotatable bonds is 5. The standard InChI is InChI=1S/C19H25N2/c1-21(15-8-9-16-21)17-14-20(18-10-4-2-5-11-18)19-12-6-3-7-13-19/h2-7,10-13H,8-9,14-17H2,1H3/q+1. The van der Waals surface area contributed by atoms with E-state index in [-0.39, 0.29) is 0 Å². The molecule has 21 heavy (non-hydrogen) atoms. The first kappa shape index (κ1) is 14.2. The van der Waals surface area contributed by atoms with Gasteiger partial charge in [-0.1, -0.05) is 36.4 Å². The van der Waals surface area contributed by atoms with Crippen molar-refractivity contribution < 1.29 is 4.48 Å². The highest BCUT2D eigenvalue weighted by atomic mass is 15.4. The fourth-order valence-corrected chi connectivity index (χ4v) is 3.29. The number of likely N-dealkylation sites (N-methyl/N-ethyl adjacent to an activating group) is 1. The van der Waals surface area contributed by atoms with Crippen LogP contribution < -0.4 is 4.90 Å². The van der Waals surface area contributed by atoms with Gasteiger partial charge in [0.1, 0.15) is 0 Å². The fourth-order valence-electron chi connectivity index (χ4n) is 3.29. The summed E-state index contributed by atoms with van der Waals surface area (Å²) >= 11 is 0. The van der Waals surface area contributed by atoms with E-state index in [1.807, 2.05) is 0 Å². The molecule has 1 saturated heterocycles. The number of quaternary nitrogens is 1. The lowest BCUT2D eigenvalue weighted by molar-refractivity contribution is -0.896. The quantitative estimate of drug-likeness (QED) is 0.747. The number of hydrogen-bond donors (Lipinski definition) is 0. The molecule has 0 amide bonds. The van der Waals surface area contributed by atoms with Gasteiger partial charge in [0.25, 0.3) is 0 Å². The van der Waals surface area contributed by atoms with Gasteiger partial charge in [0.15, 0.2) is 0 Å². The molecule has 2 aromatic carbocycles. The monoisotopic (exact) mass is 281 g/mol. The molecule has 0 saturated carbocycles. The predicted octanol–water partition coefficient (Wildman–Crippen LogP) is 4.07. The van der Waals surface area contributed by atoms with Crippen molar-refractivity contribution in [3.05, 3.63) is 60.7 Å². The largest absolute Gasteiger partial charge is 0.336 e. The highest BCUT2D eigenvalue weighted by Crippen LogP contribution is 2.25. The first-order valence-corrected chi connectivity index (χ1v) is 7.98. The molecular formula is C19H25N2+. The van der Waals surface area contributed by atoms with Crippen molar-refractivity contribution in [3.63, 3.8) is 0 Å². The summed E-state index contributed by atoms with van der Waals surface area (Å²) in [6, 6.07) is 21.5. The van der Waals surface area contributed by atoms with Crippen molar-refractivity contribution in [2.24, 2.45) is 0 Å². The predicted molar refractivity (Wildman–Crippen MR) is 89.9 cm³/mol. The zero-order valence-corrected chi connectivity index (χ0v) is 12.9. The third-order valence-corrected chi connectivity index (χ3v) is 4.65. The van der Waals surface area contributed by atoms with Crippen molar-refractivity contribution in [2.75, 3.05) is 38.1 Å². The average molecular weight is 281 g/mol. The van der Waals surface area contributed by atoms with Gasteiger partial charge in [-0.3, -0.25) is 0 Å². The maximum absolute atomic E-state index is 2.45. The lowest BCUT2D eigenvalue weighted by Gasteiger charge is -2.33. The summed E-state index contributed by atoms with van der Waals surface area (Å²) in [4.78, 5) is 2.45. The van der Waals surface area contributed by atoms with Crippen LogP contribution in [0.15, 0.2) is 60.7 Å². The van der Waals surface area contributed by atoms with Crippen LogP contribution in [0.3, 0.4) is 0 Å². The van der Waals surface area contributed by atoms with E-state index in [0.717, 1.165) is 6.54 Å². The molecule has 0 radical (unpaired) electrons. The van der Waals surface area contributed by atoms with Crippen LogP contribution in [-0.2, 0) is 0 Å². The minimum absolute atomic E-state index is 1.07. The van der Waals surface area contributed by atoms with Crippen LogP contribution >= 0.6 is 0 Å². The molecular weight excluding hydrogens is 256 g/mol. The van der Waals surface area contributed by atoms with Gasteiger partial charge < -0.3 is 9.38 Å². The molecule has 2 nitrogen and oxygen atoms in total. The van der Waals surface area contributed by atoms with Crippen LogP contribution in [-0.4, -0.2) is 37.7 Å². The molecule has 0 bridgehead atoms. The van der Waals surface area contributed by atoms with Crippen LogP contribution in [0.2, 0.25) is 0 Å². The Morgan fingerprint density at radius 3 is 1.76 bits per heavy atom. The smallest absolute Gasteiger partial charge is 0.0967 e. The molecule has 110 valence electrons. The Labute approximate surface area is 128 Å². The summed E-state index contributed by atoms with van der Waals surface area (Å²) < 4.78 is 1.22. The summed E-state index contributed by atoms with van der Waals surface area (Å²) in [6.07, 6.45) is 2.76. The van der Waals surface area contributed by atoms with Gasteiger partial charge in [-0.2, -0.15) is 0 Å². The molecule has 2 aromatic rings. The normalized spacial score (nSPS) is 16.8. The van der Waals surface area contributed by atoms with Crippen molar-refractivity contribution in [3.8, 4) is 0 Å². The molecule has 1 fully saturated rings. The number of nitrogens with zero attached hydrogens (tertiary/aromatic N) is 2. The van der Waals surface area contributed by atoms with Gasteiger partial charge in [-0.25, -0.2) is 0 Å². The SMILES string of the molecule is C[N+]1(CCN(c2ccccc2)c2ccccc2)CCCC1. The van der Waals surface area contributed by atoms with Crippen LogP contribution in [0.1, 0.15) is 12.8 Å². The zero-order chi connectivity index (χ0) is 14.5. The van der Waals surface area contributed by atoms with E-state index in [4.69, 9.17) is 0 Å². The van der Waals surface area contributed by atoms with Gasteiger partial charge in [0.05, 0.1) is 33.2 Å². The Hall–Kier alpha value is -1.80. The Morgan fingerprint density at radius 2 is 1.29 bits per heavy atom. The lowest BCUT2D eigenvalue weighted by atomic mass is 10.2. The zero-order valence-electron chi connectivity index (χ0n) is 12.9. The van der Waals surface area contributed by atoms with E-state index < -0.39 is 0 Å². The van der Waals surface area contributed by atoms with Gasteiger partial charge >= 0.3 is 0 Å². The molecule has 1 aliphatic heterocycles. The second-order valence-electron chi connectivity index (χ2n) is 6.32. The fraction of sp³-hybridized carbons (Fsp3) is 0.368. The summed E-state index contributed by atoms with van der Waals surface area (Å²) in [5.74, 6) is 0. The summed E-state index contributed by atoms with van der Waals surface area (Å²) in [5, 5.41) is 0. The van der Waals surface area contributed by atoms with Crippen molar-refractivity contribution >= 4 is 11.4 Å². The maximum atomic E-state index is 2.45. The van der Waals surface area contributed by atoms with E-state index >= 15 is 0 Å². The van der Waals surface area contributed by atoms with Crippen LogP contribution in [0.5, 0.6) is 0 Å². The second kappa shape index (κ2) is 6.31. The molecule has 0 aliphatic carbocycles. The average Bonchev–Trinajstić information content (AvgIpc) is 2.97. The van der Waals surface area contributed by atoms with Gasteiger partial charge in [0, 0.05) is 24.2 Å². The first-order valence-electron chi connectivity index (χ1n) is 7.98. The summed E-state index contributed by atoms with van der Waals surface area (Å²) in [6.45, 7) is 4.95. The molecule has 0 spiro atoms. The number of para-hydroxylation sites is 2. The van der Waals surface area contributed by atoms with Crippen molar-refractivity contribution in [1.82, 2.24) is 0 Å². The minimum Gasteiger partial charge on any atom is -0.336 e. The van der Waals surface area contributed by atoms with Crippen molar-refractivity contribution in [2.45, 2.75) is 12.8 Å². The van der Waals surface area contributed by atoms with Crippen LogP contribution in [0, 0.1) is 0 Å². The maximum Gasteiger partial charge on any atom is 0.0967 e. The van der Waals surface area contributed by atoms with Gasteiger partial charge in [-0.05, 0) is 24.3 Å². The number of hydrogen-bond acceptors (Lipinski definition) is 1.